The van der Waals surface area contributed by atoms with Crippen LogP contribution in [0.15, 0.2) is 146 Å². The highest BCUT2D eigenvalue weighted by molar-refractivity contribution is 5.92. The van der Waals surface area contributed by atoms with Gasteiger partial charge in [0, 0.05) is 13.2 Å². The molecule has 0 spiro atoms. The van der Waals surface area contributed by atoms with Crippen LogP contribution in [0.1, 0.15) is 47.9 Å². The Morgan fingerprint density at radius 3 is 1.31 bits per heavy atom. The van der Waals surface area contributed by atoms with Gasteiger partial charge < -0.3 is 19.7 Å². The molecule has 5 aromatic carbocycles. The average molecular weight is 645 g/mol. The van der Waals surface area contributed by atoms with E-state index in [1.807, 2.05) is 133 Å². The Labute approximate surface area is 283 Å². The SMILES string of the molecule is O=C(Cc1ccc(-c2ccccc2)cc1)OCCCCO.O=C(OCCCCO)C(c1ccccc1)(c1ccccc1)c1ccccc1. The lowest BCUT2D eigenvalue weighted by molar-refractivity contribution is -0.147. The maximum absolute atomic E-state index is 13.5. The number of aliphatic hydroxyl groups excluding tert-OH is 2. The minimum atomic E-state index is -1.04. The van der Waals surface area contributed by atoms with Crippen LogP contribution in [0.25, 0.3) is 11.1 Å². The first kappa shape index (κ1) is 35.8. The van der Waals surface area contributed by atoms with Gasteiger partial charge in [0.05, 0.1) is 19.6 Å². The molecule has 0 saturated heterocycles. The minimum Gasteiger partial charge on any atom is -0.465 e. The van der Waals surface area contributed by atoms with E-state index in [4.69, 9.17) is 19.7 Å². The number of rotatable bonds is 15. The van der Waals surface area contributed by atoms with E-state index in [1.54, 1.807) is 0 Å². The predicted octanol–water partition coefficient (Wildman–Crippen LogP) is 7.55. The molecule has 0 radical (unpaired) electrons. The summed E-state index contributed by atoms with van der Waals surface area (Å²) >= 11 is 0. The summed E-state index contributed by atoms with van der Waals surface area (Å²) in [6.45, 7) is 0.895. The zero-order chi connectivity index (χ0) is 33.9. The quantitative estimate of drug-likeness (QED) is 0.0695. The van der Waals surface area contributed by atoms with Crippen molar-refractivity contribution in [3.63, 3.8) is 0 Å². The van der Waals surface area contributed by atoms with Crippen molar-refractivity contribution < 1.29 is 29.3 Å². The molecule has 48 heavy (non-hydrogen) atoms. The minimum absolute atomic E-state index is 0.0960. The van der Waals surface area contributed by atoms with Crippen LogP contribution >= 0.6 is 0 Å². The summed E-state index contributed by atoms with van der Waals surface area (Å²) in [5, 5.41) is 17.6. The second kappa shape index (κ2) is 19.6. The predicted molar refractivity (Wildman–Crippen MR) is 189 cm³/mol. The highest BCUT2D eigenvalue weighted by Crippen LogP contribution is 2.40. The van der Waals surface area contributed by atoms with Gasteiger partial charge in [0.15, 0.2) is 0 Å². The van der Waals surface area contributed by atoms with Crippen LogP contribution in [0, 0.1) is 0 Å². The Kier molecular flexibility index (Phi) is 14.6. The van der Waals surface area contributed by atoms with Gasteiger partial charge in [-0.25, -0.2) is 0 Å². The van der Waals surface area contributed by atoms with Crippen LogP contribution < -0.4 is 0 Å². The number of carbonyl (C=O) groups is 2. The number of hydrogen-bond acceptors (Lipinski definition) is 6. The first-order chi connectivity index (χ1) is 23.6. The van der Waals surface area contributed by atoms with E-state index in [0.29, 0.717) is 32.3 Å². The summed E-state index contributed by atoms with van der Waals surface area (Å²) in [6.07, 6.45) is 2.90. The smallest absolute Gasteiger partial charge is 0.325 e. The lowest BCUT2D eigenvalue weighted by Gasteiger charge is -2.33. The maximum atomic E-state index is 13.5. The van der Waals surface area contributed by atoms with E-state index in [-0.39, 0.29) is 38.2 Å². The third-order valence-corrected chi connectivity index (χ3v) is 7.94. The van der Waals surface area contributed by atoms with E-state index in [2.05, 4.69) is 12.1 Å². The molecule has 0 bridgehead atoms. The van der Waals surface area contributed by atoms with Crippen LogP contribution in [-0.4, -0.2) is 48.6 Å². The molecule has 0 amide bonds. The van der Waals surface area contributed by atoms with E-state index < -0.39 is 5.41 Å². The monoisotopic (exact) mass is 644 g/mol. The van der Waals surface area contributed by atoms with Gasteiger partial charge in [-0.2, -0.15) is 0 Å². The molecule has 6 nitrogen and oxygen atoms in total. The van der Waals surface area contributed by atoms with Crippen molar-refractivity contribution in [1.82, 2.24) is 0 Å². The Hall–Kier alpha value is -5.04. The van der Waals surface area contributed by atoms with Crippen LogP contribution in [0.4, 0.5) is 0 Å². The third kappa shape index (κ3) is 9.98. The fourth-order valence-electron chi connectivity index (χ4n) is 5.47. The molecule has 0 aliphatic heterocycles. The summed E-state index contributed by atoms with van der Waals surface area (Å²) in [7, 11) is 0. The van der Waals surface area contributed by atoms with Gasteiger partial charge >= 0.3 is 11.9 Å². The van der Waals surface area contributed by atoms with E-state index in [1.165, 1.54) is 0 Å². The van der Waals surface area contributed by atoms with E-state index >= 15 is 0 Å². The molecule has 5 aromatic rings. The number of hydrogen-bond donors (Lipinski definition) is 2. The van der Waals surface area contributed by atoms with E-state index in [9.17, 15) is 9.59 Å². The highest BCUT2D eigenvalue weighted by Gasteiger charge is 2.45. The lowest BCUT2D eigenvalue weighted by Crippen LogP contribution is -2.40. The standard InChI is InChI=1S/C24H24O3.C18H20O3/c25-18-10-11-19-27-23(26)24(20-12-4-1-5-13-20,21-14-6-2-7-15-21)22-16-8-3-9-17-22;19-12-4-5-13-21-18(20)14-15-8-10-17(11-9-15)16-6-2-1-3-7-16/h1-9,12-17,25H,10-11,18-19H2;1-3,6-11,19H,4-5,12-14H2. The van der Waals surface area contributed by atoms with Gasteiger partial charge in [-0.3, -0.25) is 9.59 Å². The van der Waals surface area contributed by atoms with Gasteiger partial charge in [0.25, 0.3) is 0 Å². The van der Waals surface area contributed by atoms with Crippen molar-refractivity contribution >= 4 is 11.9 Å². The zero-order valence-electron chi connectivity index (χ0n) is 27.2. The van der Waals surface area contributed by atoms with Crippen molar-refractivity contribution in [3.05, 3.63) is 168 Å². The average Bonchev–Trinajstić information content (AvgIpc) is 3.15. The van der Waals surface area contributed by atoms with Gasteiger partial charge in [0.1, 0.15) is 5.41 Å². The molecule has 5 rings (SSSR count). The van der Waals surface area contributed by atoms with Gasteiger partial charge in [-0.1, -0.05) is 146 Å². The van der Waals surface area contributed by atoms with Crippen LogP contribution in [0.2, 0.25) is 0 Å². The summed E-state index contributed by atoms with van der Waals surface area (Å²) in [5.74, 6) is -0.524. The summed E-state index contributed by atoms with van der Waals surface area (Å²) < 4.78 is 10.8. The second-order valence-corrected chi connectivity index (χ2v) is 11.3. The summed E-state index contributed by atoms with van der Waals surface area (Å²) in [6, 6.07) is 47.3. The molecule has 0 aliphatic rings. The first-order valence-corrected chi connectivity index (χ1v) is 16.4. The third-order valence-electron chi connectivity index (χ3n) is 7.94. The molecular formula is C42H44O6. The molecule has 0 saturated carbocycles. The number of ether oxygens (including phenoxy) is 2. The van der Waals surface area contributed by atoms with Gasteiger partial charge in [-0.15, -0.1) is 0 Å². The van der Waals surface area contributed by atoms with Gasteiger partial charge in [0.2, 0.25) is 0 Å². The molecule has 2 N–H and O–H groups in total. The fourth-order valence-corrected chi connectivity index (χ4v) is 5.47. The Bertz CT molecular complexity index is 1530. The molecular weight excluding hydrogens is 600 g/mol. The number of carbonyl (C=O) groups excluding carboxylic acids is 2. The van der Waals surface area contributed by atoms with E-state index in [0.717, 1.165) is 33.4 Å². The molecule has 0 unspecified atom stereocenters. The molecule has 0 fully saturated rings. The Balaban J connectivity index is 0.000000224. The van der Waals surface area contributed by atoms with Gasteiger partial charge in [-0.05, 0) is 59.1 Å². The van der Waals surface area contributed by atoms with Crippen LogP contribution in [0.3, 0.4) is 0 Å². The van der Waals surface area contributed by atoms with Crippen molar-refractivity contribution in [2.24, 2.45) is 0 Å². The van der Waals surface area contributed by atoms with Crippen molar-refractivity contribution in [3.8, 4) is 11.1 Å². The number of aliphatic hydroxyl groups is 2. The topological polar surface area (TPSA) is 93.1 Å². The lowest BCUT2D eigenvalue weighted by atomic mass is 9.69. The van der Waals surface area contributed by atoms with Crippen molar-refractivity contribution in [2.45, 2.75) is 37.5 Å². The molecule has 0 atom stereocenters. The number of unbranched alkanes of at least 4 members (excludes halogenated alkanes) is 2. The number of esters is 2. The second-order valence-electron chi connectivity index (χ2n) is 11.3. The zero-order valence-corrected chi connectivity index (χ0v) is 27.2. The Morgan fingerprint density at radius 2 is 0.875 bits per heavy atom. The maximum Gasteiger partial charge on any atom is 0.325 e. The first-order valence-electron chi connectivity index (χ1n) is 16.4. The molecule has 248 valence electrons. The molecule has 6 heteroatoms. The molecule has 0 heterocycles. The van der Waals surface area contributed by atoms with Crippen molar-refractivity contribution in [2.75, 3.05) is 26.4 Å². The fraction of sp³-hybridized carbons (Fsp3) is 0.238. The van der Waals surface area contributed by atoms with Crippen LogP contribution in [0.5, 0.6) is 0 Å². The van der Waals surface area contributed by atoms with Crippen molar-refractivity contribution in [1.29, 1.82) is 0 Å². The summed E-state index contributed by atoms with van der Waals surface area (Å²) in [5.41, 5.74) is 4.81. The number of benzene rings is 5. The normalized spacial score (nSPS) is 10.8. The summed E-state index contributed by atoms with van der Waals surface area (Å²) in [4.78, 5) is 25.2. The largest absolute Gasteiger partial charge is 0.465 e. The van der Waals surface area contributed by atoms with Crippen LogP contribution in [-0.2, 0) is 30.9 Å². The highest BCUT2D eigenvalue weighted by atomic mass is 16.5. The Morgan fingerprint density at radius 1 is 0.479 bits per heavy atom. The molecule has 0 aromatic heterocycles. The molecule has 0 aliphatic carbocycles.